The van der Waals surface area contributed by atoms with Gasteiger partial charge in [0.1, 0.15) is 0 Å². The lowest BCUT2D eigenvalue weighted by Gasteiger charge is -2.24. The minimum Gasteiger partial charge on any atom is -0.311 e. The van der Waals surface area contributed by atoms with Crippen LogP contribution in [0.15, 0.2) is 16.3 Å². The van der Waals surface area contributed by atoms with E-state index in [1.807, 2.05) is 4.57 Å². The molecule has 18 heavy (non-hydrogen) atoms. The van der Waals surface area contributed by atoms with E-state index in [0.29, 0.717) is 11.2 Å². The fourth-order valence-electron chi connectivity index (χ4n) is 2.18. The lowest BCUT2D eigenvalue weighted by Crippen LogP contribution is -2.13. The SMILES string of the molecule is CCn1c(SCC2CCC2)nc2c(=O)[nH]cnc21. The first kappa shape index (κ1) is 11.8. The molecule has 96 valence electrons. The molecule has 0 atom stereocenters. The van der Waals surface area contributed by atoms with Gasteiger partial charge in [0.05, 0.1) is 6.33 Å². The summed E-state index contributed by atoms with van der Waals surface area (Å²) in [5.74, 6) is 1.92. The number of aromatic amines is 1. The first-order valence-corrected chi connectivity index (χ1v) is 7.35. The first-order chi connectivity index (χ1) is 8.79. The van der Waals surface area contributed by atoms with E-state index in [2.05, 4.69) is 21.9 Å². The third kappa shape index (κ3) is 1.94. The molecule has 1 aliphatic carbocycles. The van der Waals surface area contributed by atoms with Crippen molar-refractivity contribution in [3.05, 3.63) is 16.7 Å². The number of rotatable bonds is 4. The Hall–Kier alpha value is -1.30. The van der Waals surface area contributed by atoms with Crippen molar-refractivity contribution in [1.82, 2.24) is 19.5 Å². The summed E-state index contributed by atoms with van der Waals surface area (Å²) in [6.07, 6.45) is 5.46. The summed E-state index contributed by atoms with van der Waals surface area (Å²) in [7, 11) is 0. The van der Waals surface area contributed by atoms with Crippen LogP contribution in [0.1, 0.15) is 26.2 Å². The van der Waals surface area contributed by atoms with Crippen LogP contribution < -0.4 is 5.56 Å². The van der Waals surface area contributed by atoms with Crippen LogP contribution in [0.2, 0.25) is 0 Å². The molecule has 0 aliphatic heterocycles. The van der Waals surface area contributed by atoms with Crippen LogP contribution in [-0.4, -0.2) is 25.3 Å². The molecular formula is C12H16N4OS. The predicted molar refractivity (Wildman–Crippen MR) is 71.9 cm³/mol. The van der Waals surface area contributed by atoms with Gasteiger partial charge in [0.15, 0.2) is 16.3 Å². The summed E-state index contributed by atoms with van der Waals surface area (Å²) < 4.78 is 2.02. The molecule has 2 heterocycles. The molecule has 0 bridgehead atoms. The molecule has 0 spiro atoms. The van der Waals surface area contributed by atoms with Crippen LogP contribution in [0.3, 0.4) is 0 Å². The van der Waals surface area contributed by atoms with Gasteiger partial charge in [0, 0.05) is 12.3 Å². The Kier molecular flexibility index (Phi) is 3.11. The van der Waals surface area contributed by atoms with Crippen LogP contribution in [0, 0.1) is 5.92 Å². The number of hydrogen-bond acceptors (Lipinski definition) is 4. The van der Waals surface area contributed by atoms with Gasteiger partial charge in [0.25, 0.3) is 5.56 Å². The molecule has 0 aromatic carbocycles. The number of aromatic nitrogens is 4. The molecular weight excluding hydrogens is 248 g/mol. The molecule has 0 amide bonds. The van der Waals surface area contributed by atoms with Crippen LogP contribution in [0.25, 0.3) is 11.2 Å². The summed E-state index contributed by atoms with van der Waals surface area (Å²) in [6.45, 7) is 2.84. The normalized spacial score (nSPS) is 16.1. The monoisotopic (exact) mass is 264 g/mol. The minimum absolute atomic E-state index is 0.155. The fraction of sp³-hybridized carbons (Fsp3) is 0.583. The van der Waals surface area contributed by atoms with Crippen LogP contribution in [-0.2, 0) is 6.54 Å². The second kappa shape index (κ2) is 4.76. The van der Waals surface area contributed by atoms with Gasteiger partial charge in [-0.25, -0.2) is 9.97 Å². The maximum Gasteiger partial charge on any atom is 0.278 e. The van der Waals surface area contributed by atoms with E-state index in [4.69, 9.17) is 0 Å². The zero-order chi connectivity index (χ0) is 12.5. The molecule has 0 unspecified atom stereocenters. The highest BCUT2D eigenvalue weighted by molar-refractivity contribution is 7.99. The van der Waals surface area contributed by atoms with Gasteiger partial charge in [-0.15, -0.1) is 0 Å². The number of nitrogens with one attached hydrogen (secondary N) is 1. The smallest absolute Gasteiger partial charge is 0.278 e. The van der Waals surface area contributed by atoms with Gasteiger partial charge >= 0.3 is 0 Å². The zero-order valence-corrected chi connectivity index (χ0v) is 11.2. The van der Waals surface area contributed by atoms with Crippen molar-refractivity contribution in [3.63, 3.8) is 0 Å². The van der Waals surface area contributed by atoms with E-state index in [1.54, 1.807) is 11.8 Å². The Morgan fingerprint density at radius 3 is 3.06 bits per heavy atom. The van der Waals surface area contributed by atoms with Gasteiger partial charge in [-0.05, 0) is 25.7 Å². The number of fused-ring (bicyclic) bond motifs is 1. The van der Waals surface area contributed by atoms with E-state index in [-0.39, 0.29) is 5.56 Å². The van der Waals surface area contributed by atoms with Gasteiger partial charge in [-0.3, -0.25) is 4.79 Å². The lowest BCUT2D eigenvalue weighted by molar-refractivity contribution is 0.353. The number of H-pyrrole nitrogens is 1. The molecule has 1 N–H and O–H groups in total. The average molecular weight is 264 g/mol. The van der Waals surface area contributed by atoms with Crippen LogP contribution in [0.4, 0.5) is 0 Å². The molecule has 2 aromatic rings. The standard InChI is InChI=1S/C12H16N4OS/c1-2-16-10-9(11(17)14-7-13-10)15-12(16)18-6-8-4-3-5-8/h7-8H,2-6H2,1H3,(H,13,14,17). The molecule has 3 rings (SSSR count). The quantitative estimate of drug-likeness (QED) is 0.858. The topological polar surface area (TPSA) is 63.6 Å². The number of hydrogen-bond donors (Lipinski definition) is 1. The van der Waals surface area contributed by atoms with Gasteiger partial charge < -0.3 is 9.55 Å². The minimum atomic E-state index is -0.155. The fourth-order valence-corrected chi connectivity index (χ4v) is 3.42. The molecule has 6 heteroatoms. The Labute approximate surface area is 109 Å². The van der Waals surface area contributed by atoms with Crippen molar-refractivity contribution < 1.29 is 0 Å². The summed E-state index contributed by atoms with van der Waals surface area (Å²) >= 11 is 1.75. The van der Waals surface area contributed by atoms with Gasteiger partial charge in [-0.1, -0.05) is 18.2 Å². The first-order valence-electron chi connectivity index (χ1n) is 6.36. The average Bonchev–Trinajstić information content (AvgIpc) is 2.66. The van der Waals surface area contributed by atoms with E-state index in [1.165, 1.54) is 25.6 Å². The Bertz CT molecular complexity index is 614. The molecule has 1 saturated carbocycles. The van der Waals surface area contributed by atoms with Crippen LogP contribution in [0.5, 0.6) is 0 Å². The number of aryl methyl sites for hydroxylation is 1. The van der Waals surface area contributed by atoms with Crippen LogP contribution >= 0.6 is 11.8 Å². The van der Waals surface area contributed by atoms with E-state index in [0.717, 1.165) is 23.4 Å². The summed E-state index contributed by atoms with van der Waals surface area (Å²) in [6, 6.07) is 0. The van der Waals surface area contributed by atoms with Gasteiger partial charge in [-0.2, -0.15) is 0 Å². The van der Waals surface area contributed by atoms with Crippen molar-refractivity contribution in [3.8, 4) is 0 Å². The maximum absolute atomic E-state index is 11.7. The maximum atomic E-state index is 11.7. The Balaban J connectivity index is 1.94. The summed E-state index contributed by atoms with van der Waals surface area (Å²) in [5.41, 5.74) is 0.991. The lowest BCUT2D eigenvalue weighted by atomic mass is 9.87. The second-order valence-corrected chi connectivity index (χ2v) is 5.64. The van der Waals surface area contributed by atoms with Crippen molar-refractivity contribution in [2.24, 2.45) is 5.92 Å². The van der Waals surface area contributed by atoms with Gasteiger partial charge in [0.2, 0.25) is 0 Å². The molecule has 1 aliphatic rings. The Morgan fingerprint density at radius 1 is 1.56 bits per heavy atom. The van der Waals surface area contributed by atoms with Crippen molar-refractivity contribution in [2.45, 2.75) is 37.9 Å². The number of imidazole rings is 1. The van der Waals surface area contributed by atoms with E-state index < -0.39 is 0 Å². The van der Waals surface area contributed by atoms with Crippen molar-refractivity contribution in [1.29, 1.82) is 0 Å². The highest BCUT2D eigenvalue weighted by Gasteiger charge is 2.20. The predicted octanol–water partition coefficient (Wildman–Crippen LogP) is 2.03. The summed E-state index contributed by atoms with van der Waals surface area (Å²) in [5, 5.41) is 0.920. The van der Waals surface area contributed by atoms with E-state index >= 15 is 0 Å². The molecule has 0 radical (unpaired) electrons. The second-order valence-electron chi connectivity index (χ2n) is 4.65. The largest absolute Gasteiger partial charge is 0.311 e. The third-order valence-electron chi connectivity index (χ3n) is 3.49. The van der Waals surface area contributed by atoms with Crippen molar-refractivity contribution in [2.75, 3.05) is 5.75 Å². The van der Waals surface area contributed by atoms with E-state index in [9.17, 15) is 4.79 Å². The number of nitrogens with zero attached hydrogens (tertiary/aromatic N) is 3. The molecule has 2 aromatic heterocycles. The molecule has 5 nitrogen and oxygen atoms in total. The highest BCUT2D eigenvalue weighted by Crippen LogP contribution is 2.32. The molecule has 0 saturated heterocycles. The zero-order valence-electron chi connectivity index (χ0n) is 10.3. The third-order valence-corrected chi connectivity index (χ3v) is 4.70. The van der Waals surface area contributed by atoms with Crippen molar-refractivity contribution >= 4 is 22.9 Å². The number of thioether (sulfide) groups is 1. The summed E-state index contributed by atoms with van der Waals surface area (Å²) in [4.78, 5) is 22.9. The Morgan fingerprint density at radius 2 is 2.39 bits per heavy atom. The molecule has 1 fully saturated rings. The highest BCUT2D eigenvalue weighted by atomic mass is 32.2.